The van der Waals surface area contributed by atoms with Crippen LogP contribution in [0.15, 0.2) is 48.5 Å². The third-order valence-corrected chi connectivity index (χ3v) is 6.22. The van der Waals surface area contributed by atoms with Crippen LogP contribution < -0.4 is 10.6 Å². The van der Waals surface area contributed by atoms with Gasteiger partial charge in [-0.3, -0.25) is 4.79 Å². The first-order valence-electron chi connectivity index (χ1n) is 12.7. The molecule has 1 aromatic heterocycles. The topological polar surface area (TPSA) is 90.0 Å². The number of aromatic nitrogens is 2. The zero-order chi connectivity index (χ0) is 24.9. The lowest BCUT2D eigenvalue weighted by Gasteiger charge is -2.08. The largest absolute Gasteiger partial charge is 0.508 e. The zero-order valence-electron chi connectivity index (χ0n) is 20.6. The number of unbranched alkanes of at least 4 members (excludes halogenated alkanes) is 3. The molecule has 0 saturated carbocycles. The number of hydrogen-bond acceptors (Lipinski definition) is 4. The van der Waals surface area contributed by atoms with Crippen LogP contribution in [0.25, 0.3) is 0 Å². The Kier molecular flexibility index (Phi) is 11.0. The summed E-state index contributed by atoms with van der Waals surface area (Å²) in [6.07, 6.45) is 9.44. The number of hydrogen-bond donors (Lipinski definition) is 4. The summed E-state index contributed by atoms with van der Waals surface area (Å²) in [6.45, 7) is 3.51. The first-order valence-corrected chi connectivity index (χ1v) is 13.1. The molecule has 0 aliphatic heterocycles. The monoisotopic (exact) mass is 496 g/mol. The molecule has 2 aromatic carbocycles. The summed E-state index contributed by atoms with van der Waals surface area (Å²) in [5.41, 5.74) is 4.28. The quantitative estimate of drug-likeness (QED) is 0.186. The molecule has 0 aliphatic carbocycles. The van der Waals surface area contributed by atoms with E-state index in [-0.39, 0.29) is 11.2 Å². The van der Waals surface area contributed by atoms with Crippen LogP contribution in [0, 0.1) is 0 Å². The Labute approximate surface area is 213 Å². The number of aromatic amines is 1. The van der Waals surface area contributed by atoms with E-state index in [1.807, 2.05) is 12.1 Å². The molecule has 188 valence electrons. The van der Waals surface area contributed by atoms with Gasteiger partial charge in [0.1, 0.15) is 11.4 Å². The zero-order valence-corrected chi connectivity index (χ0v) is 21.3. The molecule has 0 atom stereocenters. The van der Waals surface area contributed by atoms with E-state index >= 15 is 0 Å². The van der Waals surface area contributed by atoms with Gasteiger partial charge in [-0.15, -0.1) is 0 Å². The second-order valence-electron chi connectivity index (χ2n) is 8.93. The molecule has 4 N–H and O–H groups in total. The van der Waals surface area contributed by atoms with Gasteiger partial charge < -0.3 is 20.7 Å². The highest BCUT2D eigenvalue weighted by Crippen LogP contribution is 2.17. The van der Waals surface area contributed by atoms with E-state index in [2.05, 4.69) is 51.8 Å². The number of rotatable bonds is 15. The number of halogens is 1. The van der Waals surface area contributed by atoms with Crippen LogP contribution in [0.3, 0.4) is 0 Å². The summed E-state index contributed by atoms with van der Waals surface area (Å²) in [5.74, 6) is 0.644. The van der Waals surface area contributed by atoms with Crippen LogP contribution in [0.5, 0.6) is 5.75 Å². The molecule has 6 nitrogen and oxygen atoms in total. The number of nitrogens with zero attached hydrogens (tertiary/aromatic N) is 1. The lowest BCUT2D eigenvalue weighted by atomic mass is 10.0. The number of phenols is 1. The summed E-state index contributed by atoms with van der Waals surface area (Å²) < 4.78 is 0. The smallest absolute Gasteiger partial charge is 0.271 e. The highest BCUT2D eigenvalue weighted by Gasteiger charge is 2.16. The number of aryl methyl sites for hydroxylation is 3. The average Bonchev–Trinajstić information content (AvgIpc) is 3.24. The number of carbonyl (C=O) groups is 1. The third-order valence-electron chi connectivity index (χ3n) is 6.04. The first-order chi connectivity index (χ1) is 17.0. The Balaban J connectivity index is 1.33. The van der Waals surface area contributed by atoms with Crippen molar-refractivity contribution in [1.82, 2.24) is 15.3 Å². The summed E-state index contributed by atoms with van der Waals surface area (Å²) in [7, 11) is 0. The molecule has 0 radical (unpaired) electrons. The number of imidazole rings is 1. The van der Waals surface area contributed by atoms with Crippen molar-refractivity contribution < 1.29 is 9.90 Å². The van der Waals surface area contributed by atoms with E-state index in [9.17, 15) is 9.90 Å². The first kappa shape index (κ1) is 26.6. The van der Waals surface area contributed by atoms with Gasteiger partial charge in [-0.2, -0.15) is 0 Å². The molecule has 0 unspecified atom stereocenters. The van der Waals surface area contributed by atoms with Crippen LogP contribution in [0.2, 0.25) is 5.28 Å². The van der Waals surface area contributed by atoms with Crippen LogP contribution in [-0.2, 0) is 19.3 Å². The molecular weight excluding hydrogens is 460 g/mol. The standard InChI is InChI=1S/C28H37ClN4O2/c1-2-3-6-19-30-26-25(32-28(29)33-26)27(35)31-20-7-10-23-13-11-21(12-14-23)8-4-5-9-22-15-17-24(34)18-16-22/h11-18,30,34H,2-10,19-20H2,1H3,(H,31,35)(H,32,33). The number of benzene rings is 2. The molecule has 0 saturated heterocycles. The fourth-order valence-corrected chi connectivity index (χ4v) is 4.17. The van der Waals surface area contributed by atoms with E-state index in [1.54, 1.807) is 12.1 Å². The van der Waals surface area contributed by atoms with Crippen molar-refractivity contribution in [1.29, 1.82) is 0 Å². The maximum absolute atomic E-state index is 12.6. The molecule has 0 aliphatic rings. The molecule has 1 heterocycles. The minimum atomic E-state index is -0.190. The van der Waals surface area contributed by atoms with Gasteiger partial charge in [0.15, 0.2) is 5.82 Å². The Morgan fingerprint density at radius 1 is 0.857 bits per heavy atom. The number of H-pyrrole nitrogens is 1. The van der Waals surface area contributed by atoms with Crippen LogP contribution in [0.4, 0.5) is 5.82 Å². The van der Waals surface area contributed by atoms with Gasteiger partial charge in [0.05, 0.1) is 0 Å². The summed E-state index contributed by atoms with van der Waals surface area (Å²) in [5, 5.41) is 15.7. The lowest BCUT2D eigenvalue weighted by Crippen LogP contribution is -2.26. The van der Waals surface area contributed by atoms with E-state index in [4.69, 9.17) is 11.6 Å². The SMILES string of the molecule is CCCCCNc1nc(Cl)[nH]c1C(=O)NCCCc1ccc(CCCCc2ccc(O)cc2)cc1. The molecule has 0 fully saturated rings. The maximum Gasteiger partial charge on any atom is 0.271 e. The average molecular weight is 497 g/mol. The van der Waals surface area contributed by atoms with Gasteiger partial charge in [0, 0.05) is 13.1 Å². The van der Waals surface area contributed by atoms with Gasteiger partial charge in [-0.25, -0.2) is 4.98 Å². The van der Waals surface area contributed by atoms with Crippen LogP contribution >= 0.6 is 11.6 Å². The van der Waals surface area contributed by atoms with Crippen LogP contribution in [-0.4, -0.2) is 34.1 Å². The van der Waals surface area contributed by atoms with E-state index in [0.29, 0.717) is 23.8 Å². The fourth-order valence-electron chi connectivity index (χ4n) is 3.99. The Morgan fingerprint density at radius 3 is 2.03 bits per heavy atom. The molecule has 3 rings (SSSR count). The maximum atomic E-state index is 12.6. The number of aromatic hydroxyl groups is 1. The minimum Gasteiger partial charge on any atom is -0.508 e. The number of anilines is 1. The Hall–Kier alpha value is -2.99. The van der Waals surface area contributed by atoms with Crippen molar-refractivity contribution in [2.75, 3.05) is 18.4 Å². The summed E-state index contributed by atoms with van der Waals surface area (Å²) in [4.78, 5) is 19.6. The summed E-state index contributed by atoms with van der Waals surface area (Å²) >= 11 is 5.98. The van der Waals surface area contributed by atoms with Gasteiger partial charge in [0.2, 0.25) is 5.28 Å². The van der Waals surface area contributed by atoms with Gasteiger partial charge >= 0.3 is 0 Å². The van der Waals surface area contributed by atoms with Crippen molar-refractivity contribution in [3.63, 3.8) is 0 Å². The van der Waals surface area contributed by atoms with Crippen molar-refractivity contribution in [3.05, 3.63) is 76.2 Å². The summed E-state index contributed by atoms with van der Waals surface area (Å²) in [6, 6.07) is 16.2. The Morgan fingerprint density at radius 2 is 1.43 bits per heavy atom. The third kappa shape index (κ3) is 9.29. The van der Waals surface area contributed by atoms with Gasteiger partial charge in [-0.1, -0.05) is 56.2 Å². The number of phenolic OH excluding ortho intramolecular Hbond substituents is 1. The van der Waals surface area contributed by atoms with E-state index in [0.717, 1.165) is 64.3 Å². The fraction of sp³-hybridized carbons (Fsp3) is 0.429. The second kappa shape index (κ2) is 14.4. The van der Waals surface area contributed by atoms with Gasteiger partial charge in [0.25, 0.3) is 5.91 Å². The van der Waals surface area contributed by atoms with Crippen molar-refractivity contribution >= 4 is 23.3 Å². The number of amides is 1. The van der Waals surface area contributed by atoms with Crippen LogP contribution in [0.1, 0.15) is 72.6 Å². The Bertz CT molecular complexity index is 1030. The van der Waals surface area contributed by atoms with E-state index < -0.39 is 0 Å². The highest BCUT2D eigenvalue weighted by atomic mass is 35.5. The molecule has 1 amide bonds. The van der Waals surface area contributed by atoms with Crippen molar-refractivity contribution in [3.8, 4) is 5.75 Å². The molecule has 0 spiro atoms. The molecule has 3 aromatic rings. The van der Waals surface area contributed by atoms with Crippen molar-refractivity contribution in [2.45, 2.75) is 64.7 Å². The molecule has 7 heteroatoms. The predicted octanol–water partition coefficient (Wildman–Crippen LogP) is 6.30. The highest BCUT2D eigenvalue weighted by molar-refractivity contribution is 6.28. The molecule has 0 bridgehead atoms. The lowest BCUT2D eigenvalue weighted by molar-refractivity contribution is 0.0949. The predicted molar refractivity (Wildman–Crippen MR) is 143 cm³/mol. The number of carbonyl (C=O) groups excluding carboxylic acids is 1. The van der Waals surface area contributed by atoms with E-state index in [1.165, 1.54) is 16.7 Å². The van der Waals surface area contributed by atoms with Gasteiger partial charge in [-0.05, 0) is 85.4 Å². The van der Waals surface area contributed by atoms with Crippen molar-refractivity contribution in [2.24, 2.45) is 0 Å². The number of nitrogens with one attached hydrogen (secondary N) is 3. The molecule has 35 heavy (non-hydrogen) atoms. The second-order valence-corrected chi connectivity index (χ2v) is 9.29. The normalized spacial score (nSPS) is 10.9. The minimum absolute atomic E-state index is 0.190. The molecular formula is C28H37ClN4O2.